The molecule has 1 unspecified atom stereocenters. The Kier molecular flexibility index (Phi) is 4.28. The SMILES string of the molecule is CC1CN(C)CCCN1C(=O)C1(N)CCCCC1. The molecule has 1 heterocycles. The molecule has 0 bridgehead atoms. The van der Waals surface area contributed by atoms with Crippen LogP contribution in [0.15, 0.2) is 0 Å². The van der Waals surface area contributed by atoms with E-state index in [4.69, 9.17) is 5.73 Å². The molecule has 0 spiro atoms. The highest BCUT2D eigenvalue weighted by Gasteiger charge is 2.40. The summed E-state index contributed by atoms with van der Waals surface area (Å²) >= 11 is 0. The molecule has 2 N–H and O–H groups in total. The van der Waals surface area contributed by atoms with Crippen molar-refractivity contribution < 1.29 is 4.79 Å². The minimum absolute atomic E-state index is 0.199. The van der Waals surface area contributed by atoms with E-state index in [0.29, 0.717) is 0 Å². The van der Waals surface area contributed by atoms with Gasteiger partial charge in [0.2, 0.25) is 5.91 Å². The maximum absolute atomic E-state index is 12.7. The van der Waals surface area contributed by atoms with Crippen LogP contribution in [-0.2, 0) is 4.79 Å². The fraction of sp³-hybridized carbons (Fsp3) is 0.929. The Labute approximate surface area is 110 Å². The predicted octanol–water partition coefficient (Wildman–Crippen LogP) is 1.20. The van der Waals surface area contributed by atoms with Gasteiger partial charge < -0.3 is 15.5 Å². The molecule has 104 valence electrons. The van der Waals surface area contributed by atoms with Gasteiger partial charge in [-0.05, 0) is 39.8 Å². The normalized spacial score (nSPS) is 29.9. The third-order valence-corrected chi connectivity index (χ3v) is 4.48. The van der Waals surface area contributed by atoms with Gasteiger partial charge in [-0.25, -0.2) is 0 Å². The Morgan fingerprint density at radius 1 is 1.17 bits per heavy atom. The average molecular weight is 253 g/mol. The summed E-state index contributed by atoms with van der Waals surface area (Å²) in [6, 6.07) is 0.285. The Morgan fingerprint density at radius 2 is 1.83 bits per heavy atom. The Morgan fingerprint density at radius 3 is 2.50 bits per heavy atom. The number of carbonyl (C=O) groups is 1. The van der Waals surface area contributed by atoms with E-state index in [9.17, 15) is 4.79 Å². The lowest BCUT2D eigenvalue weighted by molar-refractivity contribution is -0.140. The summed E-state index contributed by atoms with van der Waals surface area (Å²) in [5.74, 6) is 0.199. The monoisotopic (exact) mass is 253 g/mol. The molecular formula is C14H27N3O. The van der Waals surface area contributed by atoms with Gasteiger partial charge in [-0.3, -0.25) is 4.79 Å². The average Bonchev–Trinajstić information content (AvgIpc) is 2.50. The number of likely N-dealkylation sites (N-methyl/N-ethyl adjacent to an activating group) is 1. The fourth-order valence-electron chi connectivity index (χ4n) is 3.36. The van der Waals surface area contributed by atoms with Crippen LogP contribution in [0, 0.1) is 0 Å². The molecule has 2 fully saturated rings. The van der Waals surface area contributed by atoms with Crippen molar-refractivity contribution in [2.24, 2.45) is 5.73 Å². The van der Waals surface area contributed by atoms with Crippen LogP contribution in [0.1, 0.15) is 45.4 Å². The molecule has 1 atom stereocenters. The number of hydrogen-bond acceptors (Lipinski definition) is 3. The second-order valence-electron chi connectivity index (χ2n) is 6.18. The fourth-order valence-corrected chi connectivity index (χ4v) is 3.36. The number of hydrogen-bond donors (Lipinski definition) is 1. The van der Waals surface area contributed by atoms with Gasteiger partial charge in [0.15, 0.2) is 0 Å². The van der Waals surface area contributed by atoms with Gasteiger partial charge in [-0.1, -0.05) is 19.3 Å². The van der Waals surface area contributed by atoms with Gasteiger partial charge in [0.25, 0.3) is 0 Å². The summed E-state index contributed by atoms with van der Waals surface area (Å²) in [4.78, 5) is 17.1. The highest BCUT2D eigenvalue weighted by Crippen LogP contribution is 2.28. The lowest BCUT2D eigenvalue weighted by Crippen LogP contribution is -2.58. The quantitative estimate of drug-likeness (QED) is 0.764. The highest BCUT2D eigenvalue weighted by molar-refractivity contribution is 5.86. The lowest BCUT2D eigenvalue weighted by Gasteiger charge is -2.39. The van der Waals surface area contributed by atoms with Crippen LogP contribution in [0.4, 0.5) is 0 Å². The van der Waals surface area contributed by atoms with E-state index < -0.39 is 5.54 Å². The van der Waals surface area contributed by atoms with Crippen molar-refractivity contribution in [2.45, 2.75) is 57.0 Å². The molecule has 2 rings (SSSR count). The molecule has 0 radical (unpaired) electrons. The minimum atomic E-state index is -0.574. The van der Waals surface area contributed by atoms with Crippen LogP contribution in [0.2, 0.25) is 0 Å². The van der Waals surface area contributed by atoms with Gasteiger partial charge >= 0.3 is 0 Å². The molecular weight excluding hydrogens is 226 g/mol. The van der Waals surface area contributed by atoms with Gasteiger partial charge in [0.05, 0.1) is 5.54 Å². The van der Waals surface area contributed by atoms with Crippen molar-refractivity contribution in [3.05, 3.63) is 0 Å². The Hall–Kier alpha value is -0.610. The van der Waals surface area contributed by atoms with Gasteiger partial charge in [-0.15, -0.1) is 0 Å². The van der Waals surface area contributed by atoms with E-state index in [2.05, 4.69) is 18.9 Å². The maximum atomic E-state index is 12.7. The van der Waals surface area contributed by atoms with E-state index >= 15 is 0 Å². The zero-order chi connectivity index (χ0) is 13.2. The van der Waals surface area contributed by atoms with Crippen LogP contribution < -0.4 is 5.73 Å². The van der Waals surface area contributed by atoms with Gasteiger partial charge in [0, 0.05) is 19.1 Å². The van der Waals surface area contributed by atoms with E-state index in [1.54, 1.807) is 0 Å². The van der Waals surface area contributed by atoms with Gasteiger partial charge in [-0.2, -0.15) is 0 Å². The first-order valence-electron chi connectivity index (χ1n) is 7.31. The Bertz CT molecular complexity index is 299. The van der Waals surface area contributed by atoms with E-state index in [0.717, 1.165) is 51.7 Å². The summed E-state index contributed by atoms with van der Waals surface area (Å²) in [7, 11) is 2.13. The number of carbonyl (C=O) groups excluding carboxylic acids is 1. The van der Waals surface area contributed by atoms with E-state index in [-0.39, 0.29) is 11.9 Å². The number of nitrogens with zero attached hydrogens (tertiary/aromatic N) is 2. The Balaban J connectivity index is 2.06. The van der Waals surface area contributed by atoms with E-state index in [1.165, 1.54) is 6.42 Å². The van der Waals surface area contributed by atoms with Crippen LogP contribution in [-0.4, -0.2) is 54.0 Å². The van der Waals surface area contributed by atoms with Crippen molar-refractivity contribution in [1.29, 1.82) is 0 Å². The first-order chi connectivity index (χ1) is 8.53. The summed E-state index contributed by atoms with van der Waals surface area (Å²) in [6.45, 7) is 5.04. The minimum Gasteiger partial charge on any atom is -0.337 e. The van der Waals surface area contributed by atoms with Crippen molar-refractivity contribution in [3.8, 4) is 0 Å². The summed E-state index contributed by atoms with van der Waals surface area (Å²) in [6.07, 6.45) is 6.22. The molecule has 1 amide bonds. The van der Waals surface area contributed by atoms with Crippen LogP contribution in [0.25, 0.3) is 0 Å². The third kappa shape index (κ3) is 2.86. The molecule has 1 saturated heterocycles. The topological polar surface area (TPSA) is 49.6 Å². The number of rotatable bonds is 1. The first kappa shape index (κ1) is 13.8. The maximum Gasteiger partial charge on any atom is 0.242 e. The molecule has 4 heteroatoms. The van der Waals surface area contributed by atoms with E-state index in [1.807, 2.05) is 4.90 Å². The molecule has 0 aromatic heterocycles. The molecule has 1 saturated carbocycles. The van der Waals surface area contributed by atoms with Crippen molar-refractivity contribution in [2.75, 3.05) is 26.7 Å². The molecule has 0 aromatic rings. The number of amides is 1. The predicted molar refractivity (Wildman–Crippen MR) is 73.3 cm³/mol. The summed E-state index contributed by atoms with van der Waals surface area (Å²) in [5.41, 5.74) is 5.80. The van der Waals surface area contributed by atoms with Crippen LogP contribution in [0.3, 0.4) is 0 Å². The summed E-state index contributed by atoms with van der Waals surface area (Å²) < 4.78 is 0. The van der Waals surface area contributed by atoms with Crippen LogP contribution in [0.5, 0.6) is 0 Å². The lowest BCUT2D eigenvalue weighted by atomic mass is 9.81. The number of nitrogens with two attached hydrogens (primary N) is 1. The molecule has 1 aliphatic heterocycles. The van der Waals surface area contributed by atoms with Gasteiger partial charge in [0.1, 0.15) is 0 Å². The largest absolute Gasteiger partial charge is 0.337 e. The van der Waals surface area contributed by atoms with Crippen molar-refractivity contribution in [1.82, 2.24) is 9.80 Å². The second-order valence-corrected chi connectivity index (χ2v) is 6.18. The van der Waals surface area contributed by atoms with Crippen molar-refractivity contribution in [3.63, 3.8) is 0 Å². The second kappa shape index (κ2) is 5.57. The molecule has 0 aromatic carbocycles. The first-order valence-corrected chi connectivity index (χ1v) is 7.31. The smallest absolute Gasteiger partial charge is 0.242 e. The third-order valence-electron chi connectivity index (χ3n) is 4.48. The molecule has 1 aliphatic carbocycles. The molecule has 2 aliphatic rings. The molecule has 4 nitrogen and oxygen atoms in total. The molecule has 18 heavy (non-hydrogen) atoms. The van der Waals surface area contributed by atoms with Crippen LogP contribution >= 0.6 is 0 Å². The zero-order valence-electron chi connectivity index (χ0n) is 11.8. The standard InChI is InChI=1S/C14H27N3O/c1-12-11-16(2)9-6-10-17(12)13(18)14(15)7-4-3-5-8-14/h12H,3-11,15H2,1-2H3. The zero-order valence-corrected chi connectivity index (χ0v) is 11.8. The van der Waals surface area contributed by atoms with Crippen molar-refractivity contribution >= 4 is 5.91 Å². The summed E-state index contributed by atoms with van der Waals surface area (Å²) in [5, 5.41) is 0. The highest BCUT2D eigenvalue weighted by atomic mass is 16.2.